The first kappa shape index (κ1) is 19.0. The van der Waals surface area contributed by atoms with Crippen molar-refractivity contribution >= 4 is 34.4 Å². The van der Waals surface area contributed by atoms with Crippen LogP contribution >= 0.6 is 22.7 Å². The Morgan fingerprint density at radius 3 is 2.52 bits per heavy atom. The van der Waals surface area contributed by atoms with E-state index in [0.717, 1.165) is 22.1 Å². The van der Waals surface area contributed by atoms with Gasteiger partial charge < -0.3 is 9.30 Å². The molecule has 0 aromatic carbocycles. The second-order valence-corrected chi connectivity index (χ2v) is 7.81. The predicted octanol–water partition coefficient (Wildman–Crippen LogP) is 3.95. The fourth-order valence-electron chi connectivity index (χ4n) is 2.69. The van der Waals surface area contributed by atoms with Gasteiger partial charge in [-0.25, -0.2) is 9.78 Å². The Bertz CT molecular complexity index is 1020. The average Bonchev–Trinajstić information content (AvgIpc) is 3.34. The number of esters is 1. The zero-order valence-electron chi connectivity index (χ0n) is 15.1. The first-order chi connectivity index (χ1) is 12.9. The number of hydrogen-bond acceptors (Lipinski definition) is 7. The minimum atomic E-state index is -1.02. The van der Waals surface area contributed by atoms with Gasteiger partial charge in [-0.2, -0.15) is 5.26 Å². The van der Waals surface area contributed by atoms with Crippen LogP contribution in [0.1, 0.15) is 38.4 Å². The third-order valence-corrected chi connectivity index (χ3v) is 5.94. The molecular formula is C19H17N3O3S2. The fourth-order valence-corrected chi connectivity index (χ4v) is 4.55. The summed E-state index contributed by atoms with van der Waals surface area (Å²) in [5, 5.41) is 14.0. The normalized spacial score (nSPS) is 11.8. The second-order valence-electron chi connectivity index (χ2n) is 6.02. The molecule has 1 atom stereocenters. The molecule has 3 aromatic heterocycles. The van der Waals surface area contributed by atoms with E-state index in [9.17, 15) is 14.9 Å². The molecule has 0 saturated carbocycles. The van der Waals surface area contributed by atoms with E-state index >= 15 is 0 Å². The van der Waals surface area contributed by atoms with Crippen LogP contribution < -0.4 is 0 Å². The first-order valence-corrected chi connectivity index (χ1v) is 9.92. The number of hydrogen-bond donors (Lipinski definition) is 0. The van der Waals surface area contributed by atoms with Crippen molar-refractivity contribution in [2.75, 3.05) is 6.61 Å². The summed E-state index contributed by atoms with van der Waals surface area (Å²) in [6, 6.07) is 7.57. The summed E-state index contributed by atoms with van der Waals surface area (Å²) in [4.78, 5) is 29.0. The van der Waals surface area contributed by atoms with Crippen molar-refractivity contribution in [1.29, 1.82) is 5.26 Å². The Morgan fingerprint density at radius 1 is 1.22 bits per heavy atom. The van der Waals surface area contributed by atoms with E-state index < -0.39 is 24.3 Å². The van der Waals surface area contributed by atoms with Crippen LogP contribution in [0.2, 0.25) is 0 Å². The highest BCUT2D eigenvalue weighted by atomic mass is 32.1. The molecule has 0 bridgehead atoms. The molecule has 0 unspecified atom stereocenters. The van der Waals surface area contributed by atoms with Gasteiger partial charge in [0.1, 0.15) is 10.0 Å². The summed E-state index contributed by atoms with van der Waals surface area (Å²) in [6.07, 6.45) is 0. The molecule has 0 aliphatic heterocycles. The van der Waals surface area contributed by atoms with Crippen LogP contribution in [0.4, 0.5) is 0 Å². The molecule has 0 N–H and O–H groups in total. The number of ketones is 1. The van der Waals surface area contributed by atoms with Gasteiger partial charge >= 0.3 is 5.97 Å². The fraction of sp³-hybridized carbons (Fsp3) is 0.263. The third-order valence-electron chi connectivity index (χ3n) is 4.02. The van der Waals surface area contributed by atoms with Gasteiger partial charge in [0, 0.05) is 22.5 Å². The predicted molar refractivity (Wildman–Crippen MR) is 104 cm³/mol. The van der Waals surface area contributed by atoms with E-state index in [-0.39, 0.29) is 0 Å². The lowest BCUT2D eigenvalue weighted by atomic mass is 10.1. The first-order valence-electron chi connectivity index (χ1n) is 8.16. The molecule has 0 amide bonds. The number of ether oxygens (including phenoxy) is 1. The molecule has 3 aromatic rings. The number of aryl methyl sites for hydroxylation is 3. The van der Waals surface area contributed by atoms with Gasteiger partial charge in [0.25, 0.3) is 0 Å². The van der Waals surface area contributed by atoms with Gasteiger partial charge in [-0.15, -0.1) is 22.7 Å². The maximum absolute atomic E-state index is 12.5. The molecule has 0 spiro atoms. The smallest absolute Gasteiger partial charge is 0.341 e. The Morgan fingerprint density at radius 2 is 1.93 bits per heavy atom. The number of nitrogens with zero attached hydrogens (tertiary/aromatic N) is 3. The molecule has 138 valence electrons. The Balaban J connectivity index is 1.73. The highest BCUT2D eigenvalue weighted by Gasteiger charge is 2.25. The molecule has 6 nitrogen and oxygen atoms in total. The summed E-state index contributed by atoms with van der Waals surface area (Å²) < 4.78 is 7.18. The second kappa shape index (κ2) is 7.86. The molecular weight excluding hydrogens is 382 g/mol. The van der Waals surface area contributed by atoms with Gasteiger partial charge in [0.2, 0.25) is 0 Å². The maximum atomic E-state index is 12.5. The summed E-state index contributed by atoms with van der Waals surface area (Å²) in [7, 11) is 0. The lowest BCUT2D eigenvalue weighted by Gasteiger charge is -2.10. The monoisotopic (exact) mass is 399 g/mol. The summed E-state index contributed by atoms with van der Waals surface area (Å²) in [5.41, 5.74) is 3.15. The Hall–Kier alpha value is -2.76. The van der Waals surface area contributed by atoms with E-state index in [1.54, 1.807) is 18.4 Å². The highest BCUT2D eigenvalue weighted by Crippen LogP contribution is 2.27. The van der Waals surface area contributed by atoms with Crippen molar-refractivity contribution in [3.05, 3.63) is 56.6 Å². The molecule has 0 aliphatic carbocycles. The lowest BCUT2D eigenvalue weighted by Crippen LogP contribution is -2.20. The number of Topliss-reactive ketones (excluding diaryl/α,β-unsaturated/α-hetero) is 1. The highest BCUT2D eigenvalue weighted by molar-refractivity contribution is 7.13. The standard InChI is InChI=1S/C19H17N3O3S2/c1-11-10-27-17(21-11)15(8-20)16(23)9-25-19(24)14-6-7-26-18(14)22-12(2)4-5-13(22)3/h4-7,10,15H,9H2,1-3H3/t15-/m0/s1. The SMILES string of the molecule is Cc1csc([C@@H](C#N)C(=O)COC(=O)c2ccsc2-n2c(C)ccc2C)n1. The molecule has 3 rings (SSSR count). The number of thiophene rings is 1. The van der Waals surface area contributed by atoms with E-state index in [1.165, 1.54) is 22.7 Å². The maximum Gasteiger partial charge on any atom is 0.341 e. The van der Waals surface area contributed by atoms with Gasteiger partial charge in [-0.1, -0.05) is 0 Å². The molecule has 0 saturated heterocycles. The minimum absolute atomic E-state index is 0.397. The Labute approximate surface area is 164 Å². The molecule has 0 aliphatic rings. The number of nitriles is 1. The van der Waals surface area contributed by atoms with Gasteiger partial charge in [0.05, 0.1) is 11.6 Å². The van der Waals surface area contributed by atoms with Crippen molar-refractivity contribution in [1.82, 2.24) is 9.55 Å². The van der Waals surface area contributed by atoms with Gasteiger partial charge in [-0.05, 0) is 44.4 Å². The van der Waals surface area contributed by atoms with E-state index in [0.29, 0.717) is 10.6 Å². The molecule has 0 radical (unpaired) electrons. The summed E-state index contributed by atoms with van der Waals surface area (Å²) in [6.45, 7) is 5.24. The Kier molecular flexibility index (Phi) is 5.54. The molecule has 8 heteroatoms. The van der Waals surface area contributed by atoms with Gasteiger partial charge in [0.15, 0.2) is 18.3 Å². The number of thiazole rings is 1. The van der Waals surface area contributed by atoms with Gasteiger partial charge in [-0.3, -0.25) is 4.79 Å². The average molecular weight is 399 g/mol. The number of carbonyl (C=O) groups is 2. The van der Waals surface area contributed by atoms with E-state index in [1.807, 2.05) is 42.0 Å². The van der Waals surface area contributed by atoms with Crippen molar-refractivity contribution in [3.8, 4) is 11.1 Å². The zero-order valence-corrected chi connectivity index (χ0v) is 16.7. The molecule has 0 fully saturated rings. The van der Waals surface area contributed by atoms with Crippen LogP contribution in [0, 0.1) is 32.1 Å². The summed E-state index contributed by atoms with van der Waals surface area (Å²) >= 11 is 2.68. The van der Waals surface area contributed by atoms with Crippen molar-refractivity contribution in [2.24, 2.45) is 0 Å². The summed E-state index contributed by atoms with van der Waals surface area (Å²) in [5.74, 6) is -2.09. The topological polar surface area (TPSA) is 85.0 Å². The van der Waals surface area contributed by atoms with Crippen molar-refractivity contribution in [3.63, 3.8) is 0 Å². The lowest BCUT2D eigenvalue weighted by molar-refractivity contribution is -0.122. The van der Waals surface area contributed by atoms with Crippen LogP contribution in [-0.4, -0.2) is 27.9 Å². The molecule has 3 heterocycles. The minimum Gasteiger partial charge on any atom is -0.454 e. The number of carbonyl (C=O) groups excluding carboxylic acids is 2. The van der Waals surface area contributed by atoms with Crippen LogP contribution in [0.3, 0.4) is 0 Å². The van der Waals surface area contributed by atoms with Crippen LogP contribution in [0.15, 0.2) is 29.0 Å². The quantitative estimate of drug-likeness (QED) is 0.586. The van der Waals surface area contributed by atoms with Crippen LogP contribution in [0.5, 0.6) is 0 Å². The van der Waals surface area contributed by atoms with Crippen molar-refractivity contribution in [2.45, 2.75) is 26.7 Å². The number of aromatic nitrogens is 2. The molecule has 27 heavy (non-hydrogen) atoms. The van der Waals surface area contributed by atoms with Crippen LogP contribution in [0.25, 0.3) is 5.00 Å². The van der Waals surface area contributed by atoms with Crippen molar-refractivity contribution < 1.29 is 14.3 Å². The number of rotatable bonds is 6. The zero-order chi connectivity index (χ0) is 19.6. The largest absolute Gasteiger partial charge is 0.454 e. The van der Waals surface area contributed by atoms with E-state index in [4.69, 9.17) is 4.74 Å². The third kappa shape index (κ3) is 3.84. The van der Waals surface area contributed by atoms with Crippen LogP contribution in [-0.2, 0) is 9.53 Å². The van der Waals surface area contributed by atoms with E-state index in [2.05, 4.69) is 4.98 Å².